The van der Waals surface area contributed by atoms with Crippen molar-refractivity contribution in [2.24, 2.45) is 11.3 Å². The molecular formula is C13H22O2. The predicted molar refractivity (Wildman–Crippen MR) is 61.5 cm³/mol. The van der Waals surface area contributed by atoms with Gasteiger partial charge >= 0.3 is 5.97 Å². The van der Waals surface area contributed by atoms with E-state index in [1.807, 2.05) is 0 Å². The minimum Gasteiger partial charge on any atom is -0.466 e. The van der Waals surface area contributed by atoms with E-state index in [9.17, 15) is 4.79 Å². The molecule has 0 aromatic rings. The van der Waals surface area contributed by atoms with Crippen LogP contribution in [0, 0.1) is 11.3 Å². The smallest absolute Gasteiger partial charge is 0.302 e. The highest BCUT2D eigenvalue weighted by atomic mass is 16.5. The molecular weight excluding hydrogens is 188 g/mol. The van der Waals surface area contributed by atoms with Crippen LogP contribution >= 0.6 is 0 Å². The summed E-state index contributed by atoms with van der Waals surface area (Å²) in [5.41, 5.74) is 1.56. The Morgan fingerprint density at radius 1 is 1.60 bits per heavy atom. The van der Waals surface area contributed by atoms with Crippen LogP contribution in [0.5, 0.6) is 0 Å². The van der Waals surface area contributed by atoms with Crippen molar-refractivity contribution in [3.05, 3.63) is 12.2 Å². The van der Waals surface area contributed by atoms with Crippen molar-refractivity contribution in [1.29, 1.82) is 0 Å². The summed E-state index contributed by atoms with van der Waals surface area (Å²) in [7, 11) is 0. The molecule has 2 heteroatoms. The molecule has 0 aromatic carbocycles. The average Bonchev–Trinajstić information content (AvgIpc) is 2.12. The molecule has 1 unspecified atom stereocenters. The van der Waals surface area contributed by atoms with E-state index in [0.717, 1.165) is 12.8 Å². The lowest BCUT2D eigenvalue weighted by Gasteiger charge is -2.40. The van der Waals surface area contributed by atoms with Crippen molar-refractivity contribution in [3.63, 3.8) is 0 Å². The van der Waals surface area contributed by atoms with Gasteiger partial charge in [-0.3, -0.25) is 4.79 Å². The fourth-order valence-electron chi connectivity index (χ4n) is 2.38. The maximum absolute atomic E-state index is 10.7. The molecule has 1 rings (SSSR count). The highest BCUT2D eigenvalue weighted by Gasteiger charge is 2.34. The number of carbonyl (C=O) groups excluding carboxylic acids is 1. The number of hydrogen-bond acceptors (Lipinski definition) is 2. The SMILES string of the molecule is C=C1CCCC(CCOC(C)=O)C1(C)C. The third-order valence-corrected chi connectivity index (χ3v) is 3.73. The number of esters is 1. The number of ether oxygens (including phenoxy) is 1. The lowest BCUT2D eigenvalue weighted by atomic mass is 9.65. The molecule has 1 aliphatic rings. The Morgan fingerprint density at radius 2 is 2.27 bits per heavy atom. The molecule has 1 aliphatic carbocycles. The maximum Gasteiger partial charge on any atom is 0.302 e. The van der Waals surface area contributed by atoms with Gasteiger partial charge in [0.25, 0.3) is 0 Å². The van der Waals surface area contributed by atoms with E-state index in [1.165, 1.54) is 25.3 Å². The standard InChI is InChI=1S/C13H22O2/c1-10-6-5-7-12(13(10,3)4)8-9-15-11(2)14/h12H,1,5-9H2,2-4H3. The third-order valence-electron chi connectivity index (χ3n) is 3.73. The molecule has 1 atom stereocenters. The lowest BCUT2D eigenvalue weighted by Crippen LogP contribution is -2.30. The van der Waals surface area contributed by atoms with E-state index < -0.39 is 0 Å². The van der Waals surface area contributed by atoms with E-state index >= 15 is 0 Å². The van der Waals surface area contributed by atoms with Gasteiger partial charge < -0.3 is 4.74 Å². The summed E-state index contributed by atoms with van der Waals surface area (Å²) in [4.78, 5) is 10.7. The number of rotatable bonds is 3. The second-order valence-corrected chi connectivity index (χ2v) is 5.04. The third kappa shape index (κ3) is 3.08. The van der Waals surface area contributed by atoms with Crippen molar-refractivity contribution in [2.45, 2.75) is 46.5 Å². The summed E-state index contributed by atoms with van der Waals surface area (Å²) in [6, 6.07) is 0. The van der Waals surface area contributed by atoms with E-state index in [2.05, 4.69) is 20.4 Å². The van der Waals surface area contributed by atoms with Crippen LogP contribution in [0.25, 0.3) is 0 Å². The van der Waals surface area contributed by atoms with Crippen LogP contribution in [0.1, 0.15) is 46.5 Å². The number of hydrogen-bond donors (Lipinski definition) is 0. The second kappa shape index (κ2) is 4.82. The van der Waals surface area contributed by atoms with Crippen LogP contribution in [-0.4, -0.2) is 12.6 Å². The topological polar surface area (TPSA) is 26.3 Å². The fraction of sp³-hybridized carbons (Fsp3) is 0.769. The monoisotopic (exact) mass is 210 g/mol. The molecule has 0 spiro atoms. The van der Waals surface area contributed by atoms with Gasteiger partial charge in [-0.05, 0) is 37.0 Å². The van der Waals surface area contributed by atoms with E-state index in [-0.39, 0.29) is 11.4 Å². The molecule has 86 valence electrons. The second-order valence-electron chi connectivity index (χ2n) is 5.04. The summed E-state index contributed by atoms with van der Waals surface area (Å²) in [5.74, 6) is 0.431. The first-order valence-electron chi connectivity index (χ1n) is 5.76. The summed E-state index contributed by atoms with van der Waals surface area (Å²) >= 11 is 0. The van der Waals surface area contributed by atoms with Crippen LogP contribution in [0.3, 0.4) is 0 Å². The van der Waals surface area contributed by atoms with Gasteiger partial charge in [-0.2, -0.15) is 0 Å². The summed E-state index contributed by atoms with van der Waals surface area (Å²) in [6.07, 6.45) is 4.57. The lowest BCUT2D eigenvalue weighted by molar-refractivity contribution is -0.141. The van der Waals surface area contributed by atoms with E-state index in [1.54, 1.807) is 0 Å². The van der Waals surface area contributed by atoms with E-state index in [0.29, 0.717) is 12.5 Å². The first kappa shape index (κ1) is 12.3. The van der Waals surface area contributed by atoms with Gasteiger partial charge in [0.15, 0.2) is 0 Å². The summed E-state index contributed by atoms with van der Waals surface area (Å²) < 4.78 is 5.00. The highest BCUT2D eigenvalue weighted by molar-refractivity contribution is 5.65. The first-order valence-corrected chi connectivity index (χ1v) is 5.76. The largest absolute Gasteiger partial charge is 0.466 e. The molecule has 0 aliphatic heterocycles. The van der Waals surface area contributed by atoms with Crippen molar-refractivity contribution < 1.29 is 9.53 Å². The number of carbonyl (C=O) groups is 1. The van der Waals surface area contributed by atoms with Crippen molar-refractivity contribution in [2.75, 3.05) is 6.61 Å². The molecule has 2 nitrogen and oxygen atoms in total. The predicted octanol–water partition coefficient (Wildman–Crippen LogP) is 3.32. The van der Waals surface area contributed by atoms with Gasteiger partial charge in [-0.15, -0.1) is 0 Å². The zero-order valence-corrected chi connectivity index (χ0v) is 10.1. The van der Waals surface area contributed by atoms with Gasteiger partial charge in [-0.25, -0.2) is 0 Å². The summed E-state index contributed by atoms with van der Waals surface area (Å²) in [6.45, 7) is 10.7. The average molecular weight is 210 g/mol. The maximum atomic E-state index is 10.7. The Kier molecular flexibility index (Phi) is 3.95. The van der Waals surface area contributed by atoms with Crippen LogP contribution in [0.15, 0.2) is 12.2 Å². The van der Waals surface area contributed by atoms with Gasteiger partial charge in [0.1, 0.15) is 0 Å². The van der Waals surface area contributed by atoms with Crippen LogP contribution in [0.2, 0.25) is 0 Å². The van der Waals surface area contributed by atoms with Crippen molar-refractivity contribution in [1.82, 2.24) is 0 Å². The van der Waals surface area contributed by atoms with Crippen molar-refractivity contribution in [3.8, 4) is 0 Å². The first-order chi connectivity index (χ1) is 6.94. The molecule has 0 saturated heterocycles. The molecule has 0 aromatic heterocycles. The Bertz CT molecular complexity index is 253. The fourth-order valence-corrected chi connectivity index (χ4v) is 2.38. The minimum absolute atomic E-state index is 0.178. The van der Waals surface area contributed by atoms with Gasteiger partial charge in [0.2, 0.25) is 0 Å². The highest BCUT2D eigenvalue weighted by Crippen LogP contribution is 2.45. The van der Waals surface area contributed by atoms with Crippen LogP contribution in [0.4, 0.5) is 0 Å². The van der Waals surface area contributed by atoms with Gasteiger partial charge in [0, 0.05) is 6.92 Å². The van der Waals surface area contributed by atoms with Crippen LogP contribution in [-0.2, 0) is 9.53 Å². The Balaban J connectivity index is 2.45. The zero-order valence-electron chi connectivity index (χ0n) is 10.1. The molecule has 1 saturated carbocycles. The Hall–Kier alpha value is -0.790. The Morgan fingerprint density at radius 3 is 2.87 bits per heavy atom. The quantitative estimate of drug-likeness (QED) is 0.527. The van der Waals surface area contributed by atoms with E-state index in [4.69, 9.17) is 4.74 Å². The molecule has 0 heterocycles. The van der Waals surface area contributed by atoms with Gasteiger partial charge in [-0.1, -0.05) is 26.0 Å². The van der Waals surface area contributed by atoms with Crippen molar-refractivity contribution >= 4 is 5.97 Å². The van der Waals surface area contributed by atoms with Gasteiger partial charge in [0.05, 0.1) is 6.61 Å². The molecule has 0 radical (unpaired) electrons. The number of allylic oxidation sites excluding steroid dienone is 1. The van der Waals surface area contributed by atoms with Crippen LogP contribution < -0.4 is 0 Å². The minimum atomic E-state index is -0.178. The molecule has 0 N–H and O–H groups in total. The molecule has 0 amide bonds. The molecule has 15 heavy (non-hydrogen) atoms. The normalized spacial score (nSPS) is 25.0. The molecule has 1 fully saturated rings. The zero-order chi connectivity index (χ0) is 11.5. The summed E-state index contributed by atoms with van der Waals surface area (Å²) in [5, 5.41) is 0. The molecule has 0 bridgehead atoms. The Labute approximate surface area is 92.7 Å².